The maximum Gasteiger partial charge on any atom is 1.00 e. The maximum atomic E-state index is 11.3. The summed E-state index contributed by atoms with van der Waals surface area (Å²) in [6.45, 7) is 3.66. The monoisotopic (exact) mass is 238 g/mol. The number of carboxylic acid groups (broad SMARTS) is 1. The average molecular weight is 238 g/mol. The molecule has 2 aliphatic heterocycles. The van der Waals surface area contributed by atoms with Gasteiger partial charge in [0, 0.05) is 5.75 Å². The van der Waals surface area contributed by atoms with Crippen molar-refractivity contribution in [2.75, 3.05) is 5.75 Å². The van der Waals surface area contributed by atoms with Crippen molar-refractivity contribution in [2.45, 2.75) is 17.5 Å². The smallest absolute Gasteiger partial charge is 1.00 e. The number of carboxylic acids is 1. The number of thioether (sulfide) groups is 1. The molecule has 0 aromatic rings. The molecule has 0 saturated carbocycles. The number of carbonyl (C=O) groups excluding carboxylic acids is 1. The van der Waals surface area contributed by atoms with Crippen LogP contribution >= 0.6 is 11.8 Å². The van der Waals surface area contributed by atoms with E-state index in [1.165, 1.54) is 16.7 Å². The summed E-state index contributed by atoms with van der Waals surface area (Å²) in [5.74, 6) is -0.768. The Morgan fingerprint density at radius 1 is 1.73 bits per heavy atom. The molecule has 3 atom stereocenters. The summed E-state index contributed by atoms with van der Waals surface area (Å²) < 4.78 is 0. The molecule has 0 bridgehead atoms. The van der Waals surface area contributed by atoms with Gasteiger partial charge < -0.3 is 17.2 Å². The van der Waals surface area contributed by atoms with Crippen LogP contribution in [0.2, 0.25) is 0 Å². The predicted molar refractivity (Wildman–Crippen MR) is 52.7 cm³/mol. The molecular weight excluding hydrogens is 227 g/mol. The normalized spacial score (nSPS) is 33.9. The number of rotatable bonds is 1. The molecule has 15 heavy (non-hydrogen) atoms. The molecule has 2 fully saturated rings. The van der Waals surface area contributed by atoms with Crippen molar-refractivity contribution in [2.24, 2.45) is 5.73 Å². The average Bonchev–Trinajstić information content (AvgIpc) is 2.15. The minimum atomic E-state index is -1.03. The van der Waals surface area contributed by atoms with Crippen LogP contribution in [0.25, 0.3) is 0 Å². The summed E-state index contributed by atoms with van der Waals surface area (Å²) in [6.07, 6.45) is 0. The topological polar surface area (TPSA) is 83.6 Å². The van der Waals surface area contributed by atoms with E-state index in [1.54, 1.807) is 0 Å². The molecule has 1 amide bonds. The fourth-order valence-electron chi connectivity index (χ4n) is 1.73. The molecule has 2 aliphatic rings. The molecule has 0 spiro atoms. The van der Waals surface area contributed by atoms with Crippen molar-refractivity contribution in [3.05, 3.63) is 12.2 Å². The van der Waals surface area contributed by atoms with Gasteiger partial charge in [0.15, 0.2) is 6.04 Å². The van der Waals surface area contributed by atoms with Crippen LogP contribution in [0.5, 0.6) is 0 Å². The standard InChI is InChI=1S/C8H10N2O3S.Na.H/c1-3-2-14-7-4(9)6(11)10(7)5(3)8(12)13;;/h4-5,7H,1-2,9H2,(H,12,13);;/q;+1;-1/t4?,5?,7-;;/m1../s1. The first kappa shape index (κ1) is 13.1. The van der Waals surface area contributed by atoms with Crippen LogP contribution < -0.4 is 35.3 Å². The molecule has 2 heterocycles. The molecule has 7 heteroatoms. The van der Waals surface area contributed by atoms with Crippen molar-refractivity contribution in [1.82, 2.24) is 4.90 Å². The molecular formula is C8H11N2NaO3S. The Bertz CT molecular complexity index is 341. The van der Waals surface area contributed by atoms with Crippen LogP contribution in [0.1, 0.15) is 1.43 Å². The van der Waals surface area contributed by atoms with Crippen LogP contribution in [-0.4, -0.2) is 45.1 Å². The van der Waals surface area contributed by atoms with E-state index in [-0.39, 0.29) is 42.3 Å². The fourth-order valence-corrected chi connectivity index (χ4v) is 2.98. The molecule has 2 rings (SSSR count). The summed E-state index contributed by atoms with van der Waals surface area (Å²) in [6, 6.07) is -1.43. The van der Waals surface area contributed by atoms with Gasteiger partial charge in [0.2, 0.25) is 5.91 Å². The number of hydrogen-bond donors (Lipinski definition) is 2. The van der Waals surface area contributed by atoms with E-state index in [0.717, 1.165) is 0 Å². The first-order chi connectivity index (χ1) is 6.54. The molecule has 2 unspecified atom stereocenters. The number of amides is 1. The first-order valence-corrected chi connectivity index (χ1v) is 5.18. The maximum absolute atomic E-state index is 11.3. The van der Waals surface area contributed by atoms with Gasteiger partial charge in [-0.3, -0.25) is 4.79 Å². The van der Waals surface area contributed by atoms with Crippen LogP contribution in [0.4, 0.5) is 0 Å². The molecule has 78 valence electrons. The zero-order valence-electron chi connectivity index (χ0n) is 9.34. The van der Waals surface area contributed by atoms with E-state index in [9.17, 15) is 9.59 Å². The van der Waals surface area contributed by atoms with E-state index in [1.807, 2.05) is 0 Å². The van der Waals surface area contributed by atoms with E-state index >= 15 is 0 Å². The quantitative estimate of drug-likeness (QED) is 0.280. The third-order valence-corrected chi connectivity index (χ3v) is 3.86. The van der Waals surface area contributed by atoms with Gasteiger partial charge in [-0.05, 0) is 5.57 Å². The van der Waals surface area contributed by atoms with Crippen molar-refractivity contribution in [3.63, 3.8) is 0 Å². The van der Waals surface area contributed by atoms with Gasteiger partial charge in [-0.2, -0.15) is 0 Å². The van der Waals surface area contributed by atoms with Crippen molar-refractivity contribution >= 4 is 23.6 Å². The SMILES string of the molecule is C=C1CS[C@@H]2C(N)C(=O)N2C1C(=O)O.[H-].[Na+]. The van der Waals surface area contributed by atoms with Gasteiger partial charge in [0.1, 0.15) is 11.4 Å². The van der Waals surface area contributed by atoms with Gasteiger partial charge in [-0.1, -0.05) is 6.58 Å². The van der Waals surface area contributed by atoms with Gasteiger partial charge >= 0.3 is 35.5 Å². The Labute approximate surface area is 115 Å². The number of β-lactam (4-membered cyclic amide) rings is 1. The van der Waals surface area contributed by atoms with E-state index in [2.05, 4.69) is 6.58 Å². The summed E-state index contributed by atoms with van der Waals surface area (Å²) in [7, 11) is 0. The summed E-state index contributed by atoms with van der Waals surface area (Å²) in [5, 5.41) is 8.74. The van der Waals surface area contributed by atoms with Gasteiger partial charge in [-0.25, -0.2) is 4.79 Å². The Hall–Kier alpha value is -0.0100. The van der Waals surface area contributed by atoms with Crippen LogP contribution in [0.3, 0.4) is 0 Å². The zero-order valence-corrected chi connectivity index (χ0v) is 11.2. The summed E-state index contributed by atoms with van der Waals surface area (Å²) >= 11 is 1.47. The molecule has 0 aromatic carbocycles. The number of hydrogen-bond acceptors (Lipinski definition) is 4. The minimum absolute atomic E-state index is 0. The summed E-state index contributed by atoms with van der Waals surface area (Å²) in [5.41, 5.74) is 6.10. The first-order valence-electron chi connectivity index (χ1n) is 4.14. The molecule has 5 nitrogen and oxygen atoms in total. The second-order valence-corrected chi connectivity index (χ2v) is 4.48. The molecule has 0 aliphatic carbocycles. The zero-order chi connectivity index (χ0) is 10.5. The van der Waals surface area contributed by atoms with E-state index in [0.29, 0.717) is 11.3 Å². The van der Waals surface area contributed by atoms with E-state index in [4.69, 9.17) is 10.8 Å². The third-order valence-electron chi connectivity index (χ3n) is 2.46. The molecule has 0 aromatic heterocycles. The second-order valence-electron chi connectivity index (χ2n) is 3.37. The predicted octanol–water partition coefficient (Wildman–Crippen LogP) is -3.65. The Morgan fingerprint density at radius 2 is 2.33 bits per heavy atom. The number of nitrogens with zero attached hydrogens (tertiary/aromatic N) is 1. The minimum Gasteiger partial charge on any atom is -1.00 e. The fraction of sp³-hybridized carbons (Fsp3) is 0.500. The molecule has 0 radical (unpaired) electrons. The Kier molecular flexibility index (Phi) is 3.89. The van der Waals surface area contributed by atoms with Crippen LogP contribution in [0.15, 0.2) is 12.2 Å². The van der Waals surface area contributed by atoms with E-state index < -0.39 is 18.1 Å². The largest absolute Gasteiger partial charge is 1.00 e. The molecule has 2 saturated heterocycles. The molecule has 3 N–H and O–H groups in total. The van der Waals surface area contributed by atoms with Crippen LogP contribution in [0, 0.1) is 0 Å². The second kappa shape index (κ2) is 4.47. The summed E-state index contributed by atoms with van der Waals surface area (Å²) in [4.78, 5) is 23.6. The van der Waals surface area contributed by atoms with Gasteiger partial charge in [0.25, 0.3) is 0 Å². The van der Waals surface area contributed by atoms with Crippen molar-refractivity contribution in [1.29, 1.82) is 0 Å². The third kappa shape index (κ3) is 1.85. The Morgan fingerprint density at radius 3 is 2.87 bits per heavy atom. The van der Waals surface area contributed by atoms with Crippen molar-refractivity contribution < 1.29 is 45.7 Å². The van der Waals surface area contributed by atoms with Crippen molar-refractivity contribution in [3.8, 4) is 0 Å². The number of nitrogens with two attached hydrogens (primary N) is 1. The number of fused-ring (bicyclic) bond motifs is 1. The number of aliphatic carboxylic acids is 1. The van der Waals surface area contributed by atoms with Crippen LogP contribution in [-0.2, 0) is 9.59 Å². The Balaban J connectivity index is 0.00000112. The van der Waals surface area contributed by atoms with Gasteiger partial charge in [0.05, 0.1) is 0 Å². The number of carbonyl (C=O) groups is 2. The van der Waals surface area contributed by atoms with Gasteiger partial charge in [-0.15, -0.1) is 11.8 Å².